The Hall–Kier alpha value is -1.66. The molecule has 1 atom stereocenters. The van der Waals surface area contributed by atoms with E-state index in [1.165, 1.54) is 10.4 Å². The molecule has 0 saturated carbocycles. The molecule has 1 aliphatic heterocycles. The summed E-state index contributed by atoms with van der Waals surface area (Å²) in [6.07, 6.45) is 4.77. The summed E-state index contributed by atoms with van der Waals surface area (Å²) in [4.78, 5) is 15.9. The van der Waals surface area contributed by atoms with Gasteiger partial charge in [-0.05, 0) is 42.8 Å². The van der Waals surface area contributed by atoms with Crippen LogP contribution in [0.2, 0.25) is 0 Å². The molecule has 0 spiro atoms. The molecule has 0 saturated heterocycles. The number of rotatable bonds is 5. The highest BCUT2D eigenvalue weighted by atomic mass is 32.1. The summed E-state index contributed by atoms with van der Waals surface area (Å²) >= 11 is 1.85. The molecule has 5 nitrogen and oxygen atoms in total. The molecular weight excluding hydrogens is 296 g/mol. The molecule has 0 fully saturated rings. The maximum Gasteiger partial charge on any atom is 0.241 e. The maximum atomic E-state index is 12.0. The van der Waals surface area contributed by atoms with Crippen molar-refractivity contribution in [3.05, 3.63) is 39.8 Å². The minimum absolute atomic E-state index is 0.0168. The summed E-state index contributed by atoms with van der Waals surface area (Å²) in [6.45, 7) is 7.18. The second kappa shape index (κ2) is 6.62. The number of aromatic nitrogens is 2. The topological polar surface area (TPSA) is 50.2 Å². The smallest absolute Gasteiger partial charge is 0.241 e. The van der Waals surface area contributed by atoms with Crippen LogP contribution in [-0.2, 0) is 24.3 Å². The van der Waals surface area contributed by atoms with Crippen molar-refractivity contribution in [1.82, 2.24) is 20.0 Å². The number of aryl methyl sites for hydroxylation is 1. The van der Waals surface area contributed by atoms with Crippen LogP contribution in [0.4, 0.5) is 0 Å². The van der Waals surface area contributed by atoms with E-state index in [1.54, 1.807) is 10.9 Å². The minimum Gasteiger partial charge on any atom is -0.353 e. The first-order chi connectivity index (χ1) is 10.6. The number of hydrogen-bond acceptors (Lipinski definition) is 4. The zero-order valence-corrected chi connectivity index (χ0v) is 13.9. The number of thiophene rings is 1. The Morgan fingerprint density at radius 3 is 3.18 bits per heavy atom. The Morgan fingerprint density at radius 2 is 2.41 bits per heavy atom. The predicted molar refractivity (Wildman–Crippen MR) is 87.9 cm³/mol. The van der Waals surface area contributed by atoms with Crippen molar-refractivity contribution in [2.24, 2.45) is 0 Å². The van der Waals surface area contributed by atoms with Crippen LogP contribution >= 0.6 is 11.3 Å². The van der Waals surface area contributed by atoms with Gasteiger partial charge >= 0.3 is 0 Å². The molecule has 0 radical (unpaired) electrons. The standard InChI is InChI=1S/C16H22N4OS/c1-12-7-18-20(9-12)11-16(21)17-8-13(2)19-5-3-15-14(10-19)4-6-22-15/h4,6-7,9,13H,3,5,8,10-11H2,1-2H3,(H,17,21). The van der Waals surface area contributed by atoms with Gasteiger partial charge in [-0.3, -0.25) is 14.4 Å². The highest BCUT2D eigenvalue weighted by molar-refractivity contribution is 7.10. The fourth-order valence-corrected chi connectivity index (χ4v) is 3.68. The molecule has 0 aromatic carbocycles. The van der Waals surface area contributed by atoms with E-state index in [9.17, 15) is 4.79 Å². The highest BCUT2D eigenvalue weighted by Crippen LogP contribution is 2.24. The third-order valence-corrected chi connectivity index (χ3v) is 5.15. The lowest BCUT2D eigenvalue weighted by Gasteiger charge is -2.32. The molecule has 3 heterocycles. The third kappa shape index (κ3) is 3.56. The van der Waals surface area contributed by atoms with Gasteiger partial charge < -0.3 is 5.32 Å². The van der Waals surface area contributed by atoms with Crippen LogP contribution in [0.25, 0.3) is 0 Å². The first-order valence-electron chi connectivity index (χ1n) is 7.67. The SMILES string of the molecule is Cc1cnn(CC(=O)NCC(C)N2CCc3sccc3C2)c1. The van der Waals surface area contributed by atoms with Crippen molar-refractivity contribution in [2.75, 3.05) is 13.1 Å². The summed E-state index contributed by atoms with van der Waals surface area (Å²) in [5.41, 5.74) is 2.52. The number of carbonyl (C=O) groups is 1. The van der Waals surface area contributed by atoms with Crippen LogP contribution in [0.3, 0.4) is 0 Å². The van der Waals surface area contributed by atoms with E-state index in [1.807, 2.05) is 24.5 Å². The molecule has 1 amide bonds. The second-order valence-corrected chi connectivity index (χ2v) is 6.96. The average molecular weight is 318 g/mol. The summed E-state index contributed by atoms with van der Waals surface area (Å²) < 4.78 is 1.67. The van der Waals surface area contributed by atoms with E-state index in [2.05, 4.69) is 33.7 Å². The Balaban J connectivity index is 1.46. The van der Waals surface area contributed by atoms with E-state index in [4.69, 9.17) is 0 Å². The van der Waals surface area contributed by atoms with E-state index in [0.29, 0.717) is 12.6 Å². The van der Waals surface area contributed by atoms with Crippen LogP contribution in [0, 0.1) is 6.92 Å². The molecule has 1 aliphatic rings. The fraction of sp³-hybridized carbons (Fsp3) is 0.500. The van der Waals surface area contributed by atoms with Crippen LogP contribution in [0.5, 0.6) is 0 Å². The van der Waals surface area contributed by atoms with Gasteiger partial charge in [-0.1, -0.05) is 0 Å². The van der Waals surface area contributed by atoms with Crippen LogP contribution in [0.1, 0.15) is 22.9 Å². The van der Waals surface area contributed by atoms with Crippen molar-refractivity contribution in [3.63, 3.8) is 0 Å². The number of carbonyl (C=O) groups excluding carboxylic acids is 1. The van der Waals surface area contributed by atoms with Crippen LogP contribution in [0.15, 0.2) is 23.8 Å². The number of hydrogen-bond donors (Lipinski definition) is 1. The highest BCUT2D eigenvalue weighted by Gasteiger charge is 2.21. The Morgan fingerprint density at radius 1 is 1.55 bits per heavy atom. The van der Waals surface area contributed by atoms with Crippen molar-refractivity contribution >= 4 is 17.2 Å². The average Bonchev–Trinajstić information content (AvgIpc) is 3.12. The van der Waals surface area contributed by atoms with Gasteiger partial charge in [-0.2, -0.15) is 5.10 Å². The van der Waals surface area contributed by atoms with Gasteiger partial charge in [-0.25, -0.2) is 0 Å². The van der Waals surface area contributed by atoms with Crippen molar-refractivity contribution in [2.45, 2.75) is 39.4 Å². The predicted octanol–water partition coefficient (Wildman–Crippen LogP) is 1.82. The van der Waals surface area contributed by atoms with Gasteiger partial charge in [0, 0.05) is 36.8 Å². The van der Waals surface area contributed by atoms with Crippen molar-refractivity contribution < 1.29 is 4.79 Å². The van der Waals surface area contributed by atoms with Crippen LogP contribution < -0.4 is 5.32 Å². The summed E-state index contributed by atoms with van der Waals surface area (Å²) in [6, 6.07) is 2.56. The molecule has 118 valence electrons. The zero-order chi connectivity index (χ0) is 15.5. The van der Waals surface area contributed by atoms with Crippen molar-refractivity contribution in [1.29, 1.82) is 0 Å². The Bertz CT molecular complexity index is 648. The largest absolute Gasteiger partial charge is 0.353 e. The van der Waals surface area contributed by atoms with Crippen molar-refractivity contribution in [3.8, 4) is 0 Å². The number of nitrogens with one attached hydrogen (secondary N) is 1. The van der Waals surface area contributed by atoms with Gasteiger partial charge in [0.2, 0.25) is 5.91 Å². The van der Waals surface area contributed by atoms with Gasteiger partial charge in [0.25, 0.3) is 0 Å². The third-order valence-electron chi connectivity index (χ3n) is 4.12. The van der Waals surface area contributed by atoms with E-state index >= 15 is 0 Å². The molecular formula is C16H22N4OS. The molecule has 1 N–H and O–H groups in total. The van der Waals surface area contributed by atoms with Gasteiger partial charge in [-0.15, -0.1) is 11.3 Å². The fourth-order valence-electron chi connectivity index (χ4n) is 2.79. The first kappa shape index (κ1) is 15.2. The second-order valence-electron chi connectivity index (χ2n) is 5.96. The quantitative estimate of drug-likeness (QED) is 0.915. The molecule has 2 aromatic heterocycles. The van der Waals surface area contributed by atoms with Gasteiger partial charge in [0.15, 0.2) is 0 Å². The van der Waals surface area contributed by atoms with E-state index < -0.39 is 0 Å². The zero-order valence-electron chi connectivity index (χ0n) is 13.1. The molecule has 6 heteroatoms. The minimum atomic E-state index is 0.0168. The number of amides is 1. The number of fused-ring (bicyclic) bond motifs is 1. The Labute approximate surface area is 134 Å². The first-order valence-corrected chi connectivity index (χ1v) is 8.55. The lowest BCUT2D eigenvalue weighted by molar-refractivity contribution is -0.122. The molecule has 3 rings (SSSR count). The maximum absolute atomic E-state index is 12.0. The van der Waals surface area contributed by atoms with E-state index in [0.717, 1.165) is 25.1 Å². The van der Waals surface area contributed by atoms with Gasteiger partial charge in [0.1, 0.15) is 6.54 Å². The number of nitrogens with zero attached hydrogens (tertiary/aromatic N) is 3. The van der Waals surface area contributed by atoms with E-state index in [-0.39, 0.29) is 12.5 Å². The molecule has 22 heavy (non-hydrogen) atoms. The molecule has 1 unspecified atom stereocenters. The summed E-state index contributed by atoms with van der Waals surface area (Å²) in [5.74, 6) is 0.0168. The molecule has 0 aliphatic carbocycles. The Kier molecular flexibility index (Phi) is 4.59. The summed E-state index contributed by atoms with van der Waals surface area (Å²) in [5, 5.41) is 9.33. The van der Waals surface area contributed by atoms with Gasteiger partial charge in [0.05, 0.1) is 6.20 Å². The monoisotopic (exact) mass is 318 g/mol. The molecule has 2 aromatic rings. The van der Waals surface area contributed by atoms with Crippen LogP contribution in [-0.4, -0.2) is 39.7 Å². The lowest BCUT2D eigenvalue weighted by atomic mass is 10.1. The summed E-state index contributed by atoms with van der Waals surface area (Å²) in [7, 11) is 0. The lowest BCUT2D eigenvalue weighted by Crippen LogP contribution is -2.44. The molecule has 0 bridgehead atoms. The normalized spacial score (nSPS) is 16.3.